The first-order chi connectivity index (χ1) is 16.3. The SMILES string of the molecule is CN1Cc2cc(-n3c(=O)n(C4(c5cccc(C(=O)O)c5)CC4)c4ccc(Cl)cc43)ccc2C1=O. The Balaban J connectivity index is 1.59. The largest absolute Gasteiger partial charge is 0.478 e. The minimum atomic E-state index is -1.00. The van der Waals surface area contributed by atoms with Crippen LogP contribution >= 0.6 is 11.6 Å². The topological polar surface area (TPSA) is 84.5 Å². The molecule has 1 aliphatic carbocycles. The third kappa shape index (κ3) is 2.86. The van der Waals surface area contributed by atoms with Crippen molar-refractivity contribution in [3.8, 4) is 5.69 Å². The molecule has 1 aromatic heterocycles. The highest BCUT2D eigenvalue weighted by molar-refractivity contribution is 6.31. The summed E-state index contributed by atoms with van der Waals surface area (Å²) in [6.07, 6.45) is 1.45. The number of carbonyl (C=O) groups excluding carboxylic acids is 1. The fourth-order valence-corrected chi connectivity index (χ4v) is 5.29. The molecule has 34 heavy (non-hydrogen) atoms. The zero-order valence-corrected chi connectivity index (χ0v) is 19.0. The van der Waals surface area contributed by atoms with Gasteiger partial charge in [0, 0.05) is 24.2 Å². The first kappa shape index (κ1) is 20.7. The van der Waals surface area contributed by atoms with Gasteiger partial charge in [-0.05, 0) is 72.5 Å². The van der Waals surface area contributed by atoms with Crippen molar-refractivity contribution in [3.05, 3.63) is 98.4 Å². The van der Waals surface area contributed by atoms with Crippen LogP contribution in [0.2, 0.25) is 5.02 Å². The predicted octanol–water partition coefficient (Wildman–Crippen LogP) is 4.27. The number of carboxylic acid groups (broad SMARTS) is 1. The molecular weight excluding hydrogens is 454 g/mol. The van der Waals surface area contributed by atoms with E-state index in [0.29, 0.717) is 28.3 Å². The van der Waals surface area contributed by atoms with Gasteiger partial charge < -0.3 is 10.0 Å². The van der Waals surface area contributed by atoms with Gasteiger partial charge in [0.15, 0.2) is 0 Å². The maximum absolute atomic E-state index is 14.0. The van der Waals surface area contributed by atoms with Gasteiger partial charge >= 0.3 is 11.7 Å². The van der Waals surface area contributed by atoms with Gasteiger partial charge in [-0.2, -0.15) is 0 Å². The molecule has 0 bridgehead atoms. The standard InChI is InChI=1S/C26H20ClN3O4/c1-28-14-16-12-19(6-7-20(16)23(28)31)29-22-13-18(27)5-8-21(22)30(25(29)34)26(9-10-26)17-4-2-3-15(11-17)24(32)33/h2-8,11-13H,9-10,14H2,1H3,(H,32,33). The smallest absolute Gasteiger partial charge is 0.335 e. The van der Waals surface area contributed by atoms with Crippen LogP contribution in [0, 0.1) is 0 Å². The van der Waals surface area contributed by atoms with Crippen LogP contribution in [0.1, 0.15) is 44.7 Å². The van der Waals surface area contributed by atoms with Gasteiger partial charge in [0.2, 0.25) is 0 Å². The Bertz CT molecular complexity index is 1600. The summed E-state index contributed by atoms with van der Waals surface area (Å²) in [6, 6.07) is 17.6. The maximum Gasteiger partial charge on any atom is 0.335 e. The van der Waals surface area contributed by atoms with Crippen molar-refractivity contribution in [3.63, 3.8) is 0 Å². The van der Waals surface area contributed by atoms with Crippen LogP contribution in [0.15, 0.2) is 65.5 Å². The van der Waals surface area contributed by atoms with E-state index >= 15 is 0 Å². The number of rotatable bonds is 4. The van der Waals surface area contributed by atoms with E-state index in [1.807, 2.05) is 18.2 Å². The molecule has 7 nitrogen and oxygen atoms in total. The fraction of sp³-hybridized carbons (Fsp3) is 0.192. The lowest BCUT2D eigenvalue weighted by molar-refractivity contribution is 0.0696. The van der Waals surface area contributed by atoms with Crippen LogP contribution in [0.5, 0.6) is 0 Å². The zero-order valence-electron chi connectivity index (χ0n) is 18.3. The first-order valence-electron chi connectivity index (χ1n) is 11.0. The van der Waals surface area contributed by atoms with Crippen molar-refractivity contribution in [1.29, 1.82) is 0 Å². The van der Waals surface area contributed by atoms with Crippen molar-refractivity contribution in [2.24, 2.45) is 0 Å². The van der Waals surface area contributed by atoms with Crippen molar-refractivity contribution in [2.45, 2.75) is 24.9 Å². The molecule has 2 heterocycles. The lowest BCUT2D eigenvalue weighted by Gasteiger charge is -2.18. The molecule has 0 saturated heterocycles. The maximum atomic E-state index is 14.0. The van der Waals surface area contributed by atoms with Gasteiger partial charge in [0.05, 0.1) is 27.8 Å². The average Bonchev–Trinajstić information content (AvgIpc) is 3.49. The number of benzene rings is 3. The minimum absolute atomic E-state index is 0.0328. The number of nitrogens with zero attached hydrogens (tertiary/aromatic N) is 3. The molecule has 0 radical (unpaired) electrons. The molecule has 1 saturated carbocycles. The molecule has 3 aromatic carbocycles. The van der Waals surface area contributed by atoms with E-state index in [2.05, 4.69) is 0 Å². The van der Waals surface area contributed by atoms with Crippen LogP contribution in [0.25, 0.3) is 16.7 Å². The van der Waals surface area contributed by atoms with E-state index < -0.39 is 11.5 Å². The monoisotopic (exact) mass is 473 g/mol. The van der Waals surface area contributed by atoms with Crippen molar-refractivity contribution >= 4 is 34.5 Å². The summed E-state index contributed by atoms with van der Waals surface area (Å²) >= 11 is 6.33. The summed E-state index contributed by atoms with van der Waals surface area (Å²) in [7, 11) is 1.75. The number of carboxylic acids is 1. The molecule has 2 aliphatic rings. The van der Waals surface area contributed by atoms with E-state index in [0.717, 1.165) is 29.5 Å². The molecule has 1 aliphatic heterocycles. The van der Waals surface area contributed by atoms with Crippen molar-refractivity contribution in [2.75, 3.05) is 7.05 Å². The van der Waals surface area contributed by atoms with Gasteiger partial charge in [0.1, 0.15) is 0 Å². The zero-order chi connectivity index (χ0) is 23.8. The lowest BCUT2D eigenvalue weighted by Crippen LogP contribution is -2.32. The quantitative estimate of drug-likeness (QED) is 0.480. The summed E-state index contributed by atoms with van der Waals surface area (Å²) < 4.78 is 3.40. The summed E-state index contributed by atoms with van der Waals surface area (Å²) in [5.41, 5.74) is 3.70. The number of carbonyl (C=O) groups is 2. The molecule has 8 heteroatoms. The van der Waals surface area contributed by atoms with Crippen LogP contribution in [0.3, 0.4) is 0 Å². The second kappa shape index (κ2) is 7.08. The number of halogens is 1. The Morgan fingerprint density at radius 3 is 2.53 bits per heavy atom. The lowest BCUT2D eigenvalue weighted by atomic mass is 10.0. The Morgan fingerprint density at radius 1 is 1.00 bits per heavy atom. The molecule has 1 amide bonds. The summed E-state index contributed by atoms with van der Waals surface area (Å²) in [6.45, 7) is 0.488. The number of hydrogen-bond acceptors (Lipinski definition) is 3. The Hall–Kier alpha value is -3.84. The number of amides is 1. The number of imidazole rings is 1. The highest BCUT2D eigenvalue weighted by Crippen LogP contribution is 2.50. The van der Waals surface area contributed by atoms with E-state index in [9.17, 15) is 19.5 Å². The van der Waals surface area contributed by atoms with Gasteiger partial charge in [-0.25, -0.2) is 9.59 Å². The molecule has 0 unspecified atom stereocenters. The fourth-order valence-electron chi connectivity index (χ4n) is 5.13. The average molecular weight is 474 g/mol. The van der Waals surface area contributed by atoms with Crippen LogP contribution in [-0.2, 0) is 12.1 Å². The van der Waals surface area contributed by atoms with Gasteiger partial charge in [-0.1, -0.05) is 23.7 Å². The van der Waals surface area contributed by atoms with Gasteiger partial charge in [-0.15, -0.1) is 0 Å². The second-order valence-corrected chi connectivity index (χ2v) is 9.44. The van der Waals surface area contributed by atoms with Crippen LogP contribution in [-0.4, -0.2) is 38.1 Å². The highest BCUT2D eigenvalue weighted by atomic mass is 35.5. The number of fused-ring (bicyclic) bond motifs is 2. The highest BCUT2D eigenvalue weighted by Gasteiger charge is 2.49. The molecule has 170 valence electrons. The Morgan fingerprint density at radius 2 is 1.79 bits per heavy atom. The number of hydrogen-bond donors (Lipinski definition) is 1. The first-order valence-corrected chi connectivity index (χ1v) is 11.3. The third-order valence-corrected chi connectivity index (χ3v) is 7.17. The second-order valence-electron chi connectivity index (χ2n) is 9.01. The summed E-state index contributed by atoms with van der Waals surface area (Å²) in [5.74, 6) is -1.04. The van der Waals surface area contributed by atoms with Gasteiger partial charge in [-0.3, -0.25) is 13.9 Å². The normalized spacial score (nSPS) is 16.2. The molecular formula is C26H20ClN3O4. The van der Waals surface area contributed by atoms with E-state index in [1.165, 1.54) is 0 Å². The number of aromatic nitrogens is 2. The van der Waals surface area contributed by atoms with E-state index in [-0.39, 0.29) is 17.2 Å². The molecule has 4 aromatic rings. The number of aromatic carboxylic acids is 1. The Labute approximate surface area is 199 Å². The molecule has 6 rings (SSSR count). The van der Waals surface area contributed by atoms with Crippen molar-refractivity contribution < 1.29 is 14.7 Å². The Kier molecular flexibility index (Phi) is 4.32. The molecule has 0 spiro atoms. The third-order valence-electron chi connectivity index (χ3n) is 6.93. The van der Waals surface area contributed by atoms with Crippen molar-refractivity contribution in [1.82, 2.24) is 14.0 Å². The molecule has 0 atom stereocenters. The minimum Gasteiger partial charge on any atom is -0.478 e. The molecule has 1 fully saturated rings. The molecule has 1 N–H and O–H groups in total. The van der Waals surface area contributed by atoms with E-state index in [1.54, 1.807) is 63.5 Å². The van der Waals surface area contributed by atoms with Crippen LogP contribution < -0.4 is 5.69 Å². The van der Waals surface area contributed by atoms with Crippen LogP contribution in [0.4, 0.5) is 0 Å². The predicted molar refractivity (Wildman–Crippen MR) is 128 cm³/mol. The van der Waals surface area contributed by atoms with Gasteiger partial charge in [0.25, 0.3) is 5.91 Å². The summed E-state index contributed by atoms with van der Waals surface area (Å²) in [4.78, 5) is 39.5. The summed E-state index contributed by atoms with van der Waals surface area (Å²) in [5, 5.41) is 9.98. The van der Waals surface area contributed by atoms with E-state index in [4.69, 9.17) is 11.6 Å².